The number of phenolic OH excluding ortho intramolecular Hbond substituents is 1. The third-order valence-electron chi connectivity index (χ3n) is 3.02. The molecule has 0 atom stereocenters. The molecule has 0 fully saturated rings. The Morgan fingerprint density at radius 3 is 2.57 bits per heavy atom. The van der Waals surface area contributed by atoms with E-state index >= 15 is 0 Å². The molecule has 120 valence electrons. The zero-order chi connectivity index (χ0) is 17.1. The maximum atomic E-state index is 12.2. The van der Waals surface area contributed by atoms with E-state index in [1.807, 2.05) is 6.92 Å². The number of carbonyl (C=O) groups excluding carboxylic acids is 1. The molecule has 2 aromatic rings. The van der Waals surface area contributed by atoms with Gasteiger partial charge < -0.3 is 15.5 Å². The van der Waals surface area contributed by atoms with Gasteiger partial charge in [0.25, 0.3) is 11.6 Å². The van der Waals surface area contributed by atoms with Crippen LogP contribution in [0.15, 0.2) is 24.3 Å². The first-order chi connectivity index (χ1) is 10.8. The molecule has 0 aliphatic carbocycles. The summed E-state index contributed by atoms with van der Waals surface area (Å²) in [6.45, 7) is 1.84. The molecule has 8 nitrogen and oxygen atoms in total. The molecule has 0 aliphatic heterocycles. The third kappa shape index (κ3) is 3.46. The SMILES string of the molecule is CCc1cc(C(=O)O)c(NC(=O)c2cc([N+](=O)[O-])ccc2O)s1. The van der Waals surface area contributed by atoms with Crippen molar-refractivity contribution in [2.45, 2.75) is 13.3 Å². The lowest BCUT2D eigenvalue weighted by molar-refractivity contribution is -0.384. The Hall–Kier alpha value is -2.94. The number of aromatic hydroxyl groups is 1. The van der Waals surface area contributed by atoms with E-state index in [4.69, 9.17) is 5.11 Å². The normalized spacial score (nSPS) is 10.3. The second-order valence-corrected chi connectivity index (χ2v) is 5.66. The van der Waals surface area contributed by atoms with Gasteiger partial charge in [0.2, 0.25) is 0 Å². The monoisotopic (exact) mass is 336 g/mol. The average Bonchev–Trinajstić information content (AvgIpc) is 2.90. The summed E-state index contributed by atoms with van der Waals surface area (Å²) < 4.78 is 0. The molecule has 0 aliphatic rings. The van der Waals surface area contributed by atoms with Crippen molar-refractivity contribution < 1.29 is 24.7 Å². The number of nitrogens with one attached hydrogen (secondary N) is 1. The van der Waals surface area contributed by atoms with Crippen LogP contribution < -0.4 is 5.32 Å². The van der Waals surface area contributed by atoms with Crippen molar-refractivity contribution in [3.05, 3.63) is 50.4 Å². The van der Waals surface area contributed by atoms with Crippen LogP contribution in [0.4, 0.5) is 10.7 Å². The summed E-state index contributed by atoms with van der Waals surface area (Å²) in [5.74, 6) is -2.45. The number of thiophene rings is 1. The zero-order valence-electron chi connectivity index (χ0n) is 11.9. The van der Waals surface area contributed by atoms with Crippen LogP contribution in [0.3, 0.4) is 0 Å². The lowest BCUT2D eigenvalue weighted by Gasteiger charge is -2.06. The van der Waals surface area contributed by atoms with E-state index in [0.29, 0.717) is 6.42 Å². The van der Waals surface area contributed by atoms with Crippen molar-refractivity contribution in [2.24, 2.45) is 0 Å². The van der Waals surface area contributed by atoms with E-state index in [2.05, 4.69) is 5.32 Å². The van der Waals surface area contributed by atoms with Crippen molar-refractivity contribution in [2.75, 3.05) is 5.32 Å². The number of carboxylic acids is 1. The van der Waals surface area contributed by atoms with E-state index in [9.17, 15) is 24.8 Å². The van der Waals surface area contributed by atoms with Crippen LogP contribution in [0, 0.1) is 10.1 Å². The number of aromatic carboxylic acids is 1. The van der Waals surface area contributed by atoms with Gasteiger partial charge in [0.1, 0.15) is 10.8 Å². The highest BCUT2D eigenvalue weighted by molar-refractivity contribution is 7.16. The highest BCUT2D eigenvalue weighted by atomic mass is 32.1. The summed E-state index contributed by atoms with van der Waals surface area (Å²) >= 11 is 1.10. The van der Waals surface area contributed by atoms with E-state index < -0.39 is 22.5 Å². The number of phenols is 1. The van der Waals surface area contributed by atoms with Gasteiger partial charge in [-0.15, -0.1) is 11.3 Å². The van der Waals surface area contributed by atoms with Gasteiger partial charge in [0.05, 0.1) is 16.1 Å². The zero-order valence-corrected chi connectivity index (χ0v) is 12.7. The van der Waals surface area contributed by atoms with Gasteiger partial charge in [-0.1, -0.05) is 6.92 Å². The number of anilines is 1. The number of nitro benzene ring substituents is 1. The molecule has 0 saturated carbocycles. The standard InChI is InChI=1S/C14H12N2O6S/c1-2-8-6-10(14(19)20)13(23-8)15-12(18)9-5-7(16(21)22)3-4-11(9)17/h3-6,17H,2H2,1H3,(H,15,18)(H,19,20). The Bertz CT molecular complexity index is 799. The van der Waals surface area contributed by atoms with Crippen LogP contribution in [0.1, 0.15) is 32.5 Å². The Morgan fingerprint density at radius 1 is 1.30 bits per heavy atom. The Labute approximate surface area is 134 Å². The van der Waals surface area contributed by atoms with Gasteiger partial charge in [0, 0.05) is 17.0 Å². The van der Waals surface area contributed by atoms with Crippen LogP contribution in [0.25, 0.3) is 0 Å². The molecule has 23 heavy (non-hydrogen) atoms. The first kappa shape index (κ1) is 16.4. The highest BCUT2D eigenvalue weighted by Gasteiger charge is 2.21. The molecule has 1 aromatic carbocycles. The minimum Gasteiger partial charge on any atom is -0.507 e. The minimum atomic E-state index is -1.19. The molecule has 1 aromatic heterocycles. The average molecular weight is 336 g/mol. The van der Waals surface area contributed by atoms with Crippen molar-refractivity contribution in [1.29, 1.82) is 0 Å². The molecule has 9 heteroatoms. The quantitative estimate of drug-likeness (QED) is 0.568. The van der Waals surface area contributed by atoms with Crippen LogP contribution in [0.2, 0.25) is 0 Å². The smallest absolute Gasteiger partial charge is 0.338 e. The molecule has 1 amide bonds. The molecule has 0 saturated heterocycles. The van der Waals surface area contributed by atoms with Gasteiger partial charge in [-0.25, -0.2) is 4.79 Å². The van der Waals surface area contributed by atoms with Gasteiger partial charge in [-0.2, -0.15) is 0 Å². The number of non-ortho nitro benzene ring substituents is 1. The summed E-state index contributed by atoms with van der Waals surface area (Å²) in [5, 5.41) is 32.1. The summed E-state index contributed by atoms with van der Waals surface area (Å²) in [5.41, 5.74) is -0.723. The Kier molecular flexibility index (Phi) is 4.60. The van der Waals surface area contributed by atoms with Gasteiger partial charge in [-0.3, -0.25) is 14.9 Å². The number of rotatable bonds is 5. The number of nitro groups is 1. The van der Waals surface area contributed by atoms with Crippen molar-refractivity contribution >= 4 is 33.9 Å². The first-order valence-corrected chi connectivity index (χ1v) is 7.30. The maximum Gasteiger partial charge on any atom is 0.338 e. The van der Waals surface area contributed by atoms with Crippen molar-refractivity contribution in [1.82, 2.24) is 0 Å². The number of carboxylic acid groups (broad SMARTS) is 1. The molecule has 0 bridgehead atoms. The van der Waals surface area contributed by atoms with E-state index in [1.165, 1.54) is 6.07 Å². The third-order valence-corrected chi connectivity index (χ3v) is 4.22. The van der Waals surface area contributed by atoms with Crippen LogP contribution in [-0.2, 0) is 6.42 Å². The van der Waals surface area contributed by atoms with Crippen LogP contribution in [-0.4, -0.2) is 27.0 Å². The van der Waals surface area contributed by atoms with E-state index in [0.717, 1.165) is 34.4 Å². The van der Waals surface area contributed by atoms with E-state index in [-0.39, 0.29) is 21.8 Å². The van der Waals surface area contributed by atoms with Crippen LogP contribution in [0.5, 0.6) is 5.75 Å². The number of amides is 1. The summed E-state index contributed by atoms with van der Waals surface area (Å²) in [7, 11) is 0. The number of carbonyl (C=O) groups is 2. The first-order valence-electron chi connectivity index (χ1n) is 6.48. The minimum absolute atomic E-state index is 0.0647. The molecule has 3 N–H and O–H groups in total. The molecule has 0 spiro atoms. The lowest BCUT2D eigenvalue weighted by atomic mass is 10.1. The fraction of sp³-hybridized carbons (Fsp3) is 0.143. The molecular formula is C14H12N2O6S. The summed E-state index contributed by atoms with van der Waals surface area (Å²) in [6, 6.07) is 4.49. The topological polar surface area (TPSA) is 130 Å². The summed E-state index contributed by atoms with van der Waals surface area (Å²) in [6.07, 6.45) is 0.600. The Balaban J connectivity index is 2.36. The number of benzene rings is 1. The summed E-state index contributed by atoms with van der Waals surface area (Å²) in [4.78, 5) is 34.2. The molecule has 0 unspecified atom stereocenters. The predicted molar refractivity (Wildman–Crippen MR) is 83.4 cm³/mol. The Morgan fingerprint density at radius 2 is 2.00 bits per heavy atom. The predicted octanol–water partition coefficient (Wildman–Crippen LogP) is 2.87. The van der Waals surface area contributed by atoms with Crippen LogP contribution >= 0.6 is 11.3 Å². The molecule has 0 radical (unpaired) electrons. The largest absolute Gasteiger partial charge is 0.507 e. The number of aryl methyl sites for hydroxylation is 1. The number of hydrogen-bond donors (Lipinski definition) is 3. The fourth-order valence-electron chi connectivity index (χ4n) is 1.86. The van der Waals surface area contributed by atoms with Gasteiger partial charge in [0.15, 0.2) is 0 Å². The maximum absolute atomic E-state index is 12.2. The van der Waals surface area contributed by atoms with Crippen molar-refractivity contribution in [3.63, 3.8) is 0 Å². The second-order valence-electron chi connectivity index (χ2n) is 4.53. The lowest BCUT2D eigenvalue weighted by Crippen LogP contribution is -2.13. The van der Waals surface area contributed by atoms with E-state index in [1.54, 1.807) is 0 Å². The number of hydrogen-bond acceptors (Lipinski definition) is 6. The molecule has 2 rings (SSSR count). The molecule has 1 heterocycles. The number of nitrogens with zero attached hydrogens (tertiary/aromatic N) is 1. The second kappa shape index (κ2) is 6.44. The van der Waals surface area contributed by atoms with Crippen molar-refractivity contribution in [3.8, 4) is 5.75 Å². The fourth-order valence-corrected chi connectivity index (χ4v) is 2.84. The highest BCUT2D eigenvalue weighted by Crippen LogP contribution is 2.30. The van der Waals surface area contributed by atoms with Gasteiger partial charge in [-0.05, 0) is 18.6 Å². The van der Waals surface area contributed by atoms with Gasteiger partial charge >= 0.3 is 5.97 Å². The molecular weight excluding hydrogens is 324 g/mol.